The molecule has 0 aliphatic carbocycles. The zero-order chi connectivity index (χ0) is 16.2. The fourth-order valence-corrected chi connectivity index (χ4v) is 1.70. The van der Waals surface area contributed by atoms with Crippen LogP contribution in [0.4, 0.5) is 0 Å². The van der Waals surface area contributed by atoms with Gasteiger partial charge in [-0.25, -0.2) is 4.79 Å². The van der Waals surface area contributed by atoms with Crippen LogP contribution in [0, 0.1) is 0 Å². The second-order valence-corrected chi connectivity index (χ2v) is 5.74. The third-order valence-corrected chi connectivity index (χ3v) is 2.61. The van der Waals surface area contributed by atoms with Crippen LogP contribution < -0.4 is 0 Å². The lowest BCUT2D eigenvalue weighted by atomic mass is 10.00. The van der Waals surface area contributed by atoms with Gasteiger partial charge in [0.15, 0.2) is 0 Å². The van der Waals surface area contributed by atoms with Gasteiger partial charge in [-0.2, -0.15) is 0 Å². The van der Waals surface area contributed by atoms with E-state index in [0.717, 1.165) is 0 Å². The molecule has 0 radical (unpaired) electrons. The third kappa shape index (κ3) is 5.53. The summed E-state index contributed by atoms with van der Waals surface area (Å²) in [4.78, 5) is 22.5. The van der Waals surface area contributed by atoms with Crippen molar-refractivity contribution in [3.05, 3.63) is 35.4 Å². The predicted octanol–water partition coefficient (Wildman–Crippen LogP) is 1.51. The Morgan fingerprint density at radius 1 is 1.24 bits per heavy atom. The van der Waals surface area contributed by atoms with Crippen LogP contribution in [-0.2, 0) is 9.53 Å². The summed E-state index contributed by atoms with van der Waals surface area (Å²) in [6.07, 6.45) is -3.42. The lowest BCUT2D eigenvalue weighted by Gasteiger charge is -2.20. The molecule has 1 rings (SSSR count). The van der Waals surface area contributed by atoms with Gasteiger partial charge in [-0.05, 0) is 38.5 Å². The number of aliphatic hydroxyl groups is 2. The van der Waals surface area contributed by atoms with E-state index in [9.17, 15) is 19.8 Å². The minimum atomic E-state index is -1.45. The number of rotatable bonds is 5. The number of benzene rings is 1. The van der Waals surface area contributed by atoms with Crippen LogP contribution in [0.3, 0.4) is 0 Å². The maximum absolute atomic E-state index is 11.9. The second kappa shape index (κ2) is 6.69. The largest absolute Gasteiger partial charge is 0.481 e. The van der Waals surface area contributed by atoms with E-state index in [1.54, 1.807) is 20.8 Å². The number of carbonyl (C=O) groups excluding carboxylic acids is 1. The molecule has 21 heavy (non-hydrogen) atoms. The number of ether oxygens (including phenoxy) is 1. The zero-order valence-corrected chi connectivity index (χ0v) is 12.2. The maximum atomic E-state index is 11.9. The Hall–Kier alpha value is -1.92. The number of aliphatic carboxylic acids is 1. The average Bonchev–Trinajstić information content (AvgIpc) is 2.35. The van der Waals surface area contributed by atoms with Crippen molar-refractivity contribution in [2.24, 2.45) is 0 Å². The summed E-state index contributed by atoms with van der Waals surface area (Å²) < 4.78 is 5.21. The number of carbonyl (C=O) groups is 2. The first-order chi connectivity index (χ1) is 9.60. The first kappa shape index (κ1) is 17.1. The lowest BCUT2D eigenvalue weighted by molar-refractivity contribution is -0.141. The van der Waals surface area contributed by atoms with Crippen molar-refractivity contribution >= 4 is 11.9 Å². The van der Waals surface area contributed by atoms with Crippen molar-refractivity contribution in [1.29, 1.82) is 0 Å². The van der Waals surface area contributed by atoms with Crippen LogP contribution in [-0.4, -0.2) is 39.0 Å². The minimum absolute atomic E-state index is 0.226. The average molecular weight is 296 g/mol. The van der Waals surface area contributed by atoms with Gasteiger partial charge in [0, 0.05) is 0 Å². The summed E-state index contributed by atoms with van der Waals surface area (Å²) >= 11 is 0. The number of hydrogen-bond donors (Lipinski definition) is 3. The summed E-state index contributed by atoms with van der Waals surface area (Å²) in [6, 6.07) is 5.94. The summed E-state index contributed by atoms with van der Waals surface area (Å²) in [6.45, 7) is 5.21. The molecular formula is C15H20O6. The molecule has 0 saturated carbocycles. The molecule has 2 atom stereocenters. The predicted molar refractivity (Wildman–Crippen MR) is 74.8 cm³/mol. The molecule has 0 spiro atoms. The van der Waals surface area contributed by atoms with Crippen LogP contribution in [0.15, 0.2) is 24.3 Å². The molecule has 2 unspecified atom stereocenters. The van der Waals surface area contributed by atoms with Crippen LogP contribution in [0.1, 0.15) is 49.2 Å². The highest BCUT2D eigenvalue weighted by molar-refractivity contribution is 5.89. The van der Waals surface area contributed by atoms with E-state index in [4.69, 9.17) is 9.84 Å². The molecule has 6 heteroatoms. The van der Waals surface area contributed by atoms with Crippen LogP contribution >= 0.6 is 0 Å². The molecule has 0 aliphatic rings. The Kier molecular flexibility index (Phi) is 5.46. The number of carboxylic acid groups (broad SMARTS) is 1. The maximum Gasteiger partial charge on any atom is 0.338 e. The van der Waals surface area contributed by atoms with E-state index < -0.39 is 36.2 Å². The third-order valence-electron chi connectivity index (χ3n) is 2.61. The van der Waals surface area contributed by atoms with Gasteiger partial charge in [-0.1, -0.05) is 12.1 Å². The van der Waals surface area contributed by atoms with Gasteiger partial charge < -0.3 is 20.1 Å². The summed E-state index contributed by atoms with van der Waals surface area (Å²) in [5, 5.41) is 28.1. The van der Waals surface area contributed by atoms with Gasteiger partial charge in [0.05, 0.1) is 18.1 Å². The molecule has 6 nitrogen and oxygen atoms in total. The molecule has 0 aliphatic heterocycles. The number of carboxylic acids is 1. The number of aliphatic hydroxyl groups excluding tert-OH is 2. The van der Waals surface area contributed by atoms with E-state index in [1.807, 2.05) is 0 Å². The van der Waals surface area contributed by atoms with Gasteiger partial charge in [-0.15, -0.1) is 0 Å². The lowest BCUT2D eigenvalue weighted by Crippen LogP contribution is -2.24. The van der Waals surface area contributed by atoms with E-state index in [1.165, 1.54) is 24.3 Å². The topological polar surface area (TPSA) is 104 Å². The molecule has 0 fully saturated rings. The molecule has 1 aromatic rings. The van der Waals surface area contributed by atoms with Crippen molar-refractivity contribution in [1.82, 2.24) is 0 Å². The molecule has 1 aromatic carbocycles. The highest BCUT2D eigenvalue weighted by atomic mass is 16.6. The van der Waals surface area contributed by atoms with Gasteiger partial charge in [0.2, 0.25) is 0 Å². The molecule has 0 amide bonds. The Bertz CT molecular complexity index is 517. The quantitative estimate of drug-likeness (QED) is 0.711. The van der Waals surface area contributed by atoms with Crippen LogP contribution in [0.2, 0.25) is 0 Å². The summed E-state index contributed by atoms with van der Waals surface area (Å²) in [5.74, 6) is -1.77. The van der Waals surface area contributed by atoms with Crippen molar-refractivity contribution in [3.63, 3.8) is 0 Å². The molecule has 0 bridgehead atoms. The molecule has 0 heterocycles. The van der Waals surface area contributed by atoms with Crippen molar-refractivity contribution in [2.45, 2.75) is 45.0 Å². The second-order valence-electron chi connectivity index (χ2n) is 5.74. The highest BCUT2D eigenvalue weighted by Crippen LogP contribution is 2.21. The van der Waals surface area contributed by atoms with Crippen molar-refractivity contribution in [3.8, 4) is 0 Å². The van der Waals surface area contributed by atoms with E-state index in [-0.39, 0.29) is 11.1 Å². The standard InChI is InChI=1S/C15H20O6/c1-15(2,3)21-14(20)10-6-4-5-9(7-10)13(19)11(16)8-12(17)18/h4-7,11,13,16,19H,8H2,1-3H3,(H,17,18). The fraction of sp³-hybridized carbons (Fsp3) is 0.467. The zero-order valence-electron chi connectivity index (χ0n) is 12.2. The Balaban J connectivity index is 2.90. The van der Waals surface area contributed by atoms with Crippen molar-refractivity contribution < 1.29 is 29.6 Å². The van der Waals surface area contributed by atoms with Gasteiger partial charge >= 0.3 is 11.9 Å². The SMILES string of the molecule is CC(C)(C)OC(=O)c1cccc(C(O)C(O)CC(=O)O)c1. The number of esters is 1. The van der Waals surface area contributed by atoms with Gasteiger partial charge in [0.25, 0.3) is 0 Å². The summed E-state index contributed by atoms with van der Waals surface area (Å²) in [5.41, 5.74) is -0.162. The van der Waals surface area contributed by atoms with Crippen LogP contribution in [0.25, 0.3) is 0 Å². The molecule has 3 N–H and O–H groups in total. The minimum Gasteiger partial charge on any atom is -0.481 e. The summed E-state index contributed by atoms with van der Waals surface area (Å²) in [7, 11) is 0. The van der Waals surface area contributed by atoms with E-state index >= 15 is 0 Å². The molecule has 0 saturated heterocycles. The normalized spacial score (nSPS) is 14.3. The van der Waals surface area contributed by atoms with E-state index in [2.05, 4.69) is 0 Å². The Labute approximate surface area is 123 Å². The monoisotopic (exact) mass is 296 g/mol. The smallest absolute Gasteiger partial charge is 0.338 e. The van der Waals surface area contributed by atoms with Crippen molar-refractivity contribution in [2.75, 3.05) is 0 Å². The first-order valence-corrected chi connectivity index (χ1v) is 6.51. The Morgan fingerprint density at radius 2 is 1.86 bits per heavy atom. The molecule has 0 aromatic heterocycles. The van der Waals surface area contributed by atoms with Crippen LogP contribution in [0.5, 0.6) is 0 Å². The van der Waals surface area contributed by atoms with E-state index in [0.29, 0.717) is 0 Å². The fourth-order valence-electron chi connectivity index (χ4n) is 1.70. The van der Waals surface area contributed by atoms with Gasteiger partial charge in [0.1, 0.15) is 11.7 Å². The highest BCUT2D eigenvalue weighted by Gasteiger charge is 2.23. The Morgan fingerprint density at radius 3 is 2.38 bits per heavy atom. The number of hydrogen-bond acceptors (Lipinski definition) is 5. The van der Waals surface area contributed by atoms with Gasteiger partial charge in [-0.3, -0.25) is 4.79 Å². The first-order valence-electron chi connectivity index (χ1n) is 6.51. The molecule has 116 valence electrons. The molecular weight excluding hydrogens is 276 g/mol.